The van der Waals surface area contributed by atoms with Crippen LogP contribution in [0.2, 0.25) is 0 Å². The number of esters is 1. The monoisotopic (exact) mass is 374 g/mol. The van der Waals surface area contributed by atoms with Crippen LogP contribution < -0.4 is 14.2 Å². The molecule has 1 heterocycles. The maximum atomic E-state index is 11.2. The molecule has 0 fully saturated rings. The highest BCUT2D eigenvalue weighted by molar-refractivity contribution is 5.69. The van der Waals surface area contributed by atoms with Crippen molar-refractivity contribution >= 4 is 5.97 Å². The van der Waals surface area contributed by atoms with Crippen LogP contribution in [0.4, 0.5) is 0 Å². The summed E-state index contributed by atoms with van der Waals surface area (Å²) in [6.07, 6.45) is 0. The zero-order chi connectivity index (χ0) is 19.5. The lowest BCUT2D eigenvalue weighted by molar-refractivity contribution is -0.131. The number of rotatable bonds is 4. The molecule has 4 rings (SSSR count). The summed E-state index contributed by atoms with van der Waals surface area (Å²) in [4.78, 5) is 11.2. The molecule has 0 unspecified atom stereocenters. The molecule has 3 aromatic carbocycles. The molecule has 3 aromatic rings. The zero-order valence-corrected chi connectivity index (χ0v) is 15.9. The quantitative estimate of drug-likeness (QED) is 0.480. The Labute approximate surface area is 164 Å². The van der Waals surface area contributed by atoms with Crippen LogP contribution in [0, 0.1) is 0 Å². The first-order valence-corrected chi connectivity index (χ1v) is 9.30. The summed E-state index contributed by atoms with van der Waals surface area (Å²) in [5.74, 6) is 2.17. The summed E-state index contributed by atoms with van der Waals surface area (Å²) in [6.45, 7) is 1.99. The number of benzene rings is 3. The first kappa shape index (κ1) is 18.1. The fraction of sp³-hybridized carbons (Fsp3) is 0.208. The van der Waals surface area contributed by atoms with Crippen molar-refractivity contribution in [2.45, 2.75) is 18.8 Å². The lowest BCUT2D eigenvalue weighted by atomic mass is 9.76. The highest BCUT2D eigenvalue weighted by atomic mass is 16.5. The molecule has 28 heavy (non-hydrogen) atoms. The number of methoxy groups -OCH3 is 1. The van der Waals surface area contributed by atoms with E-state index < -0.39 is 0 Å². The van der Waals surface area contributed by atoms with E-state index in [2.05, 4.69) is 30.3 Å². The van der Waals surface area contributed by atoms with Crippen LogP contribution in [-0.2, 0) is 4.79 Å². The van der Waals surface area contributed by atoms with Crippen molar-refractivity contribution in [1.29, 1.82) is 0 Å². The molecule has 0 amide bonds. The fourth-order valence-electron chi connectivity index (χ4n) is 3.83. The second kappa shape index (κ2) is 7.77. The highest BCUT2D eigenvalue weighted by Crippen LogP contribution is 2.47. The van der Waals surface area contributed by atoms with Crippen molar-refractivity contribution in [2.75, 3.05) is 13.7 Å². The number of hydrogen-bond acceptors (Lipinski definition) is 4. The predicted molar refractivity (Wildman–Crippen MR) is 107 cm³/mol. The van der Waals surface area contributed by atoms with Gasteiger partial charge in [-0.1, -0.05) is 48.5 Å². The van der Waals surface area contributed by atoms with Crippen LogP contribution in [0.25, 0.3) is 0 Å². The van der Waals surface area contributed by atoms with Gasteiger partial charge in [0.1, 0.15) is 17.2 Å². The van der Waals surface area contributed by atoms with E-state index in [-0.39, 0.29) is 17.8 Å². The largest absolute Gasteiger partial charge is 0.497 e. The van der Waals surface area contributed by atoms with Gasteiger partial charge in [0.15, 0.2) is 0 Å². The van der Waals surface area contributed by atoms with E-state index in [9.17, 15) is 4.79 Å². The van der Waals surface area contributed by atoms with Gasteiger partial charge in [-0.05, 0) is 29.3 Å². The summed E-state index contributed by atoms with van der Waals surface area (Å²) >= 11 is 0. The van der Waals surface area contributed by atoms with Crippen molar-refractivity contribution in [3.8, 4) is 17.2 Å². The van der Waals surface area contributed by atoms with Crippen molar-refractivity contribution in [3.05, 3.63) is 89.5 Å². The summed E-state index contributed by atoms with van der Waals surface area (Å²) in [7, 11) is 1.66. The molecule has 0 saturated heterocycles. The summed E-state index contributed by atoms with van der Waals surface area (Å²) in [6, 6.07) is 24.1. The molecular formula is C24H22O4. The van der Waals surface area contributed by atoms with E-state index in [1.165, 1.54) is 12.5 Å². The van der Waals surface area contributed by atoms with E-state index in [1.807, 2.05) is 42.5 Å². The van der Waals surface area contributed by atoms with Gasteiger partial charge in [-0.25, -0.2) is 0 Å². The minimum Gasteiger partial charge on any atom is -0.497 e. The van der Waals surface area contributed by atoms with Crippen LogP contribution in [-0.4, -0.2) is 19.7 Å². The smallest absolute Gasteiger partial charge is 0.308 e. The molecule has 1 aliphatic heterocycles. The molecule has 0 aliphatic carbocycles. The van der Waals surface area contributed by atoms with Crippen molar-refractivity contribution < 1.29 is 19.0 Å². The average molecular weight is 374 g/mol. The van der Waals surface area contributed by atoms with Crippen molar-refractivity contribution in [1.82, 2.24) is 0 Å². The topological polar surface area (TPSA) is 44.8 Å². The van der Waals surface area contributed by atoms with Gasteiger partial charge in [0, 0.05) is 30.4 Å². The van der Waals surface area contributed by atoms with Gasteiger partial charge in [0.2, 0.25) is 0 Å². The zero-order valence-electron chi connectivity index (χ0n) is 15.9. The molecule has 0 spiro atoms. The molecule has 2 atom stereocenters. The Morgan fingerprint density at radius 2 is 1.64 bits per heavy atom. The van der Waals surface area contributed by atoms with Crippen LogP contribution in [0.15, 0.2) is 72.8 Å². The minimum absolute atomic E-state index is 0.128. The Balaban J connectivity index is 1.77. The maximum Gasteiger partial charge on any atom is 0.308 e. The summed E-state index contributed by atoms with van der Waals surface area (Å²) in [5, 5.41) is 0. The van der Waals surface area contributed by atoms with Crippen LogP contribution >= 0.6 is 0 Å². The lowest BCUT2D eigenvalue weighted by Crippen LogP contribution is -2.25. The van der Waals surface area contributed by atoms with E-state index in [4.69, 9.17) is 14.2 Å². The Morgan fingerprint density at radius 1 is 0.929 bits per heavy atom. The second-order valence-electron chi connectivity index (χ2n) is 6.87. The lowest BCUT2D eigenvalue weighted by Gasteiger charge is -2.34. The first-order valence-electron chi connectivity index (χ1n) is 9.30. The Kier molecular flexibility index (Phi) is 5.02. The second-order valence-corrected chi connectivity index (χ2v) is 6.87. The standard InChI is InChI=1S/C24H22O4/c1-16(25)28-19-10-8-18(9-11-19)24-21-13-12-20(26-2)14-23(21)27-15-22(24)17-6-4-3-5-7-17/h3-14,22,24H,15H2,1-2H3/t22-,24-/m1/s1. The molecule has 0 bridgehead atoms. The summed E-state index contributed by atoms with van der Waals surface area (Å²) < 4.78 is 16.7. The van der Waals surface area contributed by atoms with Crippen LogP contribution in [0.5, 0.6) is 17.2 Å². The predicted octanol–water partition coefficient (Wildman–Crippen LogP) is 4.93. The molecule has 0 N–H and O–H groups in total. The first-order chi connectivity index (χ1) is 13.7. The molecular weight excluding hydrogens is 352 g/mol. The van der Waals surface area contributed by atoms with Crippen LogP contribution in [0.3, 0.4) is 0 Å². The molecule has 1 aliphatic rings. The molecule has 4 nitrogen and oxygen atoms in total. The van der Waals surface area contributed by atoms with Gasteiger partial charge in [-0.2, -0.15) is 0 Å². The van der Waals surface area contributed by atoms with Crippen molar-refractivity contribution in [3.63, 3.8) is 0 Å². The average Bonchev–Trinajstić information content (AvgIpc) is 2.73. The Bertz CT molecular complexity index is 964. The summed E-state index contributed by atoms with van der Waals surface area (Å²) in [5.41, 5.74) is 3.51. The van der Waals surface area contributed by atoms with Gasteiger partial charge in [0.25, 0.3) is 0 Å². The SMILES string of the molecule is COc1ccc2c(c1)OC[C@H](c1ccccc1)[C@@H]2c1ccc(OC(C)=O)cc1. The third-order valence-electron chi connectivity index (χ3n) is 5.11. The molecule has 4 heteroatoms. The van der Waals surface area contributed by atoms with Crippen molar-refractivity contribution in [2.24, 2.45) is 0 Å². The van der Waals surface area contributed by atoms with E-state index in [0.29, 0.717) is 12.4 Å². The Morgan fingerprint density at radius 3 is 2.32 bits per heavy atom. The Hall–Kier alpha value is -3.27. The number of hydrogen-bond donors (Lipinski definition) is 0. The molecule has 0 radical (unpaired) electrons. The van der Waals surface area contributed by atoms with E-state index >= 15 is 0 Å². The molecule has 0 aromatic heterocycles. The minimum atomic E-state index is -0.321. The van der Waals surface area contributed by atoms with Crippen LogP contribution in [0.1, 0.15) is 35.4 Å². The number of carbonyl (C=O) groups is 1. The van der Waals surface area contributed by atoms with Gasteiger partial charge < -0.3 is 14.2 Å². The third-order valence-corrected chi connectivity index (χ3v) is 5.11. The fourth-order valence-corrected chi connectivity index (χ4v) is 3.83. The highest BCUT2D eigenvalue weighted by Gasteiger charge is 2.33. The number of ether oxygens (including phenoxy) is 3. The number of carbonyl (C=O) groups excluding carboxylic acids is 1. The molecule has 142 valence electrons. The van der Waals surface area contributed by atoms with Gasteiger partial charge in [-0.15, -0.1) is 0 Å². The third kappa shape index (κ3) is 3.58. The van der Waals surface area contributed by atoms with E-state index in [1.54, 1.807) is 7.11 Å². The maximum absolute atomic E-state index is 11.2. The van der Waals surface area contributed by atoms with Gasteiger partial charge in [0.05, 0.1) is 13.7 Å². The van der Waals surface area contributed by atoms with E-state index in [0.717, 1.165) is 22.6 Å². The number of fused-ring (bicyclic) bond motifs is 1. The normalized spacial score (nSPS) is 17.9. The van der Waals surface area contributed by atoms with Gasteiger partial charge in [-0.3, -0.25) is 4.79 Å². The van der Waals surface area contributed by atoms with Gasteiger partial charge >= 0.3 is 5.97 Å². The molecule has 0 saturated carbocycles.